The van der Waals surface area contributed by atoms with Crippen LogP contribution < -0.4 is 5.32 Å². The van der Waals surface area contributed by atoms with Crippen LogP contribution in [0.4, 0.5) is 11.5 Å². The van der Waals surface area contributed by atoms with E-state index in [0.717, 1.165) is 23.6 Å². The number of anilines is 1. The van der Waals surface area contributed by atoms with Gasteiger partial charge in [0.05, 0.1) is 0 Å². The second kappa shape index (κ2) is 4.74. The molecule has 0 atom stereocenters. The summed E-state index contributed by atoms with van der Waals surface area (Å²) >= 11 is 0. The molecule has 0 saturated carbocycles. The second-order valence-electron chi connectivity index (χ2n) is 3.81. The fourth-order valence-corrected chi connectivity index (χ4v) is 1.11. The van der Waals surface area contributed by atoms with E-state index >= 15 is 0 Å². The quantitative estimate of drug-likeness (QED) is 0.743. The van der Waals surface area contributed by atoms with E-state index in [1.54, 1.807) is 0 Å². The third-order valence-corrected chi connectivity index (χ3v) is 1.85. The first-order valence-electron chi connectivity index (χ1n) is 4.80. The molecule has 0 aliphatic rings. The molecular formula is C11H17N3. The van der Waals surface area contributed by atoms with Gasteiger partial charge in [-0.3, -0.25) is 4.99 Å². The summed E-state index contributed by atoms with van der Waals surface area (Å²) < 4.78 is 0. The molecule has 0 radical (unpaired) electrons. The third kappa shape index (κ3) is 2.83. The van der Waals surface area contributed by atoms with Crippen molar-refractivity contribution in [2.24, 2.45) is 10.9 Å². The van der Waals surface area contributed by atoms with Gasteiger partial charge in [-0.1, -0.05) is 13.8 Å². The molecule has 1 heterocycles. The Morgan fingerprint density at radius 2 is 2.29 bits per heavy atom. The molecule has 0 aliphatic carbocycles. The van der Waals surface area contributed by atoms with Gasteiger partial charge in [0, 0.05) is 12.7 Å². The Labute approximate surface area is 85.3 Å². The molecule has 0 saturated heterocycles. The van der Waals surface area contributed by atoms with Gasteiger partial charge in [0.25, 0.3) is 0 Å². The predicted octanol–water partition coefficient (Wildman–Crippen LogP) is 2.79. The predicted molar refractivity (Wildman–Crippen MR) is 61.5 cm³/mol. The topological polar surface area (TPSA) is 37.3 Å². The van der Waals surface area contributed by atoms with E-state index in [9.17, 15) is 0 Å². The monoisotopic (exact) mass is 191 g/mol. The first kappa shape index (κ1) is 10.7. The number of nitrogens with zero attached hydrogens (tertiary/aromatic N) is 2. The second-order valence-corrected chi connectivity index (χ2v) is 3.81. The summed E-state index contributed by atoms with van der Waals surface area (Å²) in [5.41, 5.74) is 1.92. The van der Waals surface area contributed by atoms with E-state index < -0.39 is 0 Å². The molecule has 3 nitrogen and oxygen atoms in total. The van der Waals surface area contributed by atoms with Gasteiger partial charge in [-0.25, -0.2) is 4.98 Å². The van der Waals surface area contributed by atoms with Crippen LogP contribution in [0, 0.1) is 12.8 Å². The summed E-state index contributed by atoms with van der Waals surface area (Å²) in [6.07, 6.45) is 1.83. The van der Waals surface area contributed by atoms with E-state index in [2.05, 4.69) is 35.9 Å². The van der Waals surface area contributed by atoms with Crippen LogP contribution in [0.3, 0.4) is 0 Å². The highest BCUT2D eigenvalue weighted by Crippen LogP contribution is 2.22. The Morgan fingerprint density at radius 3 is 2.86 bits per heavy atom. The lowest BCUT2D eigenvalue weighted by molar-refractivity contribution is 0.687. The lowest BCUT2D eigenvalue weighted by atomic mass is 10.2. The SMILES string of the molecule is C=Nc1cc(C)cnc1NCC(C)C. The molecule has 0 bridgehead atoms. The van der Waals surface area contributed by atoms with E-state index in [1.807, 2.05) is 19.2 Å². The van der Waals surface area contributed by atoms with Crippen molar-refractivity contribution in [1.29, 1.82) is 0 Å². The van der Waals surface area contributed by atoms with E-state index in [0.29, 0.717) is 5.92 Å². The Balaban J connectivity index is 2.80. The van der Waals surface area contributed by atoms with Crippen LogP contribution in [0.5, 0.6) is 0 Å². The van der Waals surface area contributed by atoms with Gasteiger partial charge in [0.2, 0.25) is 0 Å². The van der Waals surface area contributed by atoms with Gasteiger partial charge in [0.1, 0.15) is 5.69 Å². The highest BCUT2D eigenvalue weighted by molar-refractivity contribution is 5.63. The van der Waals surface area contributed by atoms with Crippen molar-refractivity contribution in [3.8, 4) is 0 Å². The van der Waals surface area contributed by atoms with E-state index in [1.165, 1.54) is 0 Å². The molecule has 1 rings (SSSR count). The van der Waals surface area contributed by atoms with Crippen molar-refractivity contribution in [3.05, 3.63) is 17.8 Å². The molecule has 0 unspecified atom stereocenters. The van der Waals surface area contributed by atoms with Gasteiger partial charge in [-0.2, -0.15) is 0 Å². The summed E-state index contributed by atoms with van der Waals surface area (Å²) in [6.45, 7) is 10.7. The number of aliphatic imine (C=N–C) groups is 1. The summed E-state index contributed by atoms with van der Waals surface area (Å²) in [7, 11) is 0. The zero-order chi connectivity index (χ0) is 10.6. The van der Waals surface area contributed by atoms with Gasteiger partial charge < -0.3 is 5.32 Å². The lowest BCUT2D eigenvalue weighted by Gasteiger charge is -2.10. The molecule has 0 spiro atoms. The Hall–Kier alpha value is -1.38. The van der Waals surface area contributed by atoms with Gasteiger partial charge in [-0.05, 0) is 31.2 Å². The van der Waals surface area contributed by atoms with Crippen molar-refractivity contribution in [2.75, 3.05) is 11.9 Å². The van der Waals surface area contributed by atoms with Crippen LogP contribution in [0.1, 0.15) is 19.4 Å². The Kier molecular flexibility index (Phi) is 3.63. The fraction of sp³-hybridized carbons (Fsp3) is 0.455. The number of aryl methyl sites for hydroxylation is 1. The number of nitrogens with one attached hydrogen (secondary N) is 1. The van der Waals surface area contributed by atoms with Crippen molar-refractivity contribution in [1.82, 2.24) is 4.98 Å². The minimum Gasteiger partial charge on any atom is -0.368 e. The maximum absolute atomic E-state index is 4.28. The number of hydrogen-bond donors (Lipinski definition) is 1. The van der Waals surface area contributed by atoms with Crippen LogP contribution in [0.25, 0.3) is 0 Å². The zero-order valence-electron chi connectivity index (χ0n) is 9.04. The van der Waals surface area contributed by atoms with Crippen LogP contribution >= 0.6 is 0 Å². The molecule has 0 fully saturated rings. The highest BCUT2D eigenvalue weighted by atomic mass is 15.0. The largest absolute Gasteiger partial charge is 0.368 e. The maximum atomic E-state index is 4.28. The molecule has 1 aromatic heterocycles. The Morgan fingerprint density at radius 1 is 1.57 bits per heavy atom. The summed E-state index contributed by atoms with van der Waals surface area (Å²) in [4.78, 5) is 8.21. The average Bonchev–Trinajstić information content (AvgIpc) is 2.15. The van der Waals surface area contributed by atoms with Crippen molar-refractivity contribution in [2.45, 2.75) is 20.8 Å². The molecule has 3 heteroatoms. The first-order valence-corrected chi connectivity index (χ1v) is 4.80. The molecule has 0 amide bonds. The molecular weight excluding hydrogens is 174 g/mol. The third-order valence-electron chi connectivity index (χ3n) is 1.85. The van der Waals surface area contributed by atoms with Gasteiger partial charge in [0.15, 0.2) is 5.82 Å². The number of aromatic nitrogens is 1. The summed E-state index contributed by atoms with van der Waals surface area (Å²) in [6, 6.07) is 1.97. The molecule has 76 valence electrons. The van der Waals surface area contributed by atoms with Gasteiger partial charge in [-0.15, -0.1) is 0 Å². The number of hydrogen-bond acceptors (Lipinski definition) is 3. The van der Waals surface area contributed by atoms with Crippen molar-refractivity contribution < 1.29 is 0 Å². The van der Waals surface area contributed by atoms with Crippen molar-refractivity contribution >= 4 is 18.2 Å². The Bertz CT molecular complexity index is 318. The minimum atomic E-state index is 0.593. The smallest absolute Gasteiger partial charge is 0.151 e. The molecule has 0 aromatic carbocycles. The zero-order valence-corrected chi connectivity index (χ0v) is 9.04. The molecule has 0 aliphatic heterocycles. The van der Waals surface area contributed by atoms with E-state index in [-0.39, 0.29) is 0 Å². The van der Waals surface area contributed by atoms with E-state index in [4.69, 9.17) is 0 Å². The number of pyridine rings is 1. The summed E-state index contributed by atoms with van der Waals surface area (Å²) in [5, 5.41) is 3.25. The normalized spacial score (nSPS) is 10.3. The van der Waals surface area contributed by atoms with Crippen molar-refractivity contribution in [3.63, 3.8) is 0 Å². The standard InChI is InChI=1S/C11H17N3/c1-8(2)6-13-11-10(12-4)5-9(3)7-14-11/h5,7-8H,4,6H2,1-3H3,(H,13,14). The first-order chi connectivity index (χ1) is 6.63. The lowest BCUT2D eigenvalue weighted by Crippen LogP contribution is -2.09. The maximum Gasteiger partial charge on any atom is 0.151 e. The average molecular weight is 191 g/mol. The van der Waals surface area contributed by atoms with Crippen LogP contribution in [-0.2, 0) is 0 Å². The van der Waals surface area contributed by atoms with Gasteiger partial charge >= 0.3 is 0 Å². The van der Waals surface area contributed by atoms with Crippen LogP contribution in [0.2, 0.25) is 0 Å². The fourth-order valence-electron chi connectivity index (χ4n) is 1.11. The van der Waals surface area contributed by atoms with Crippen LogP contribution in [-0.4, -0.2) is 18.2 Å². The number of rotatable bonds is 4. The highest BCUT2D eigenvalue weighted by Gasteiger charge is 2.02. The molecule has 14 heavy (non-hydrogen) atoms. The molecule has 1 N–H and O–H groups in total. The molecule has 1 aromatic rings. The minimum absolute atomic E-state index is 0.593. The van der Waals surface area contributed by atoms with Crippen LogP contribution in [0.15, 0.2) is 17.3 Å². The summed E-state index contributed by atoms with van der Waals surface area (Å²) in [5.74, 6) is 1.41.